The van der Waals surface area contributed by atoms with Gasteiger partial charge in [0.2, 0.25) is 5.91 Å². The van der Waals surface area contributed by atoms with Gasteiger partial charge < -0.3 is 16.6 Å². The van der Waals surface area contributed by atoms with Gasteiger partial charge in [0.1, 0.15) is 11.6 Å². The number of amides is 1. The number of quaternary nitrogens is 1. The molecule has 0 unspecified atom stereocenters. The minimum absolute atomic E-state index is 0.0174. The maximum atomic E-state index is 10.3. The summed E-state index contributed by atoms with van der Waals surface area (Å²) in [6.07, 6.45) is -0.763. The van der Waals surface area contributed by atoms with Crippen molar-refractivity contribution in [1.82, 2.24) is 0 Å². The number of hydrogen-bond acceptors (Lipinski definition) is 2. The van der Waals surface area contributed by atoms with Crippen molar-refractivity contribution in [1.29, 1.82) is 0 Å². The third kappa shape index (κ3) is 3.42. The Labute approximate surface area is 60.2 Å². The largest absolute Gasteiger partial charge is 0.386 e. The fraction of sp³-hybridized carbons (Fsp3) is 0.833. The summed E-state index contributed by atoms with van der Waals surface area (Å²) in [5.41, 5.74) is 8.02. The van der Waals surface area contributed by atoms with Crippen molar-refractivity contribution >= 4 is 5.91 Å². The third-order valence-electron chi connectivity index (χ3n) is 1.30. The van der Waals surface area contributed by atoms with Crippen molar-refractivity contribution in [3.63, 3.8) is 0 Å². The summed E-state index contributed by atoms with van der Waals surface area (Å²) >= 11 is 0. The Morgan fingerprint density at radius 3 is 2.30 bits per heavy atom. The molecule has 10 heavy (non-hydrogen) atoms. The highest BCUT2D eigenvalue weighted by Crippen LogP contribution is 2.04. The van der Waals surface area contributed by atoms with Gasteiger partial charge in [-0.1, -0.05) is 0 Å². The molecule has 4 heteroatoms. The Morgan fingerprint density at radius 1 is 1.80 bits per heavy atom. The van der Waals surface area contributed by atoms with Crippen molar-refractivity contribution in [2.75, 3.05) is 0 Å². The zero-order valence-corrected chi connectivity index (χ0v) is 6.42. The predicted molar refractivity (Wildman–Crippen MR) is 36.8 cm³/mol. The first kappa shape index (κ1) is 9.39. The molecular weight excluding hydrogens is 132 g/mol. The van der Waals surface area contributed by atoms with Gasteiger partial charge in [0.15, 0.2) is 0 Å². The lowest BCUT2D eigenvalue weighted by atomic mass is 9.96. The molecule has 0 aliphatic rings. The van der Waals surface area contributed by atoms with E-state index in [0.717, 1.165) is 0 Å². The van der Waals surface area contributed by atoms with Gasteiger partial charge in [-0.25, -0.2) is 0 Å². The molecule has 0 saturated heterocycles. The topological polar surface area (TPSA) is 91.0 Å². The van der Waals surface area contributed by atoms with Crippen LogP contribution in [-0.2, 0) is 4.79 Å². The molecule has 0 aromatic rings. The average molecular weight is 147 g/mol. The zero-order chi connectivity index (χ0) is 8.36. The summed E-state index contributed by atoms with van der Waals surface area (Å²) in [6, 6.07) is 0. The molecule has 6 N–H and O–H groups in total. The Kier molecular flexibility index (Phi) is 2.80. The molecule has 0 saturated carbocycles. The molecule has 0 spiro atoms. The van der Waals surface area contributed by atoms with Crippen LogP contribution < -0.4 is 11.5 Å². The van der Waals surface area contributed by atoms with E-state index in [4.69, 9.17) is 5.73 Å². The predicted octanol–water partition coefficient (Wildman–Crippen LogP) is -1.76. The van der Waals surface area contributed by atoms with Gasteiger partial charge >= 0.3 is 0 Å². The van der Waals surface area contributed by atoms with Gasteiger partial charge in [-0.05, 0) is 13.8 Å². The van der Waals surface area contributed by atoms with Crippen LogP contribution in [0.4, 0.5) is 0 Å². The molecule has 0 aliphatic heterocycles. The number of hydrogen-bond donors (Lipinski definition) is 3. The molecule has 60 valence electrons. The molecular formula is C6H15N2O2+. The first-order valence-corrected chi connectivity index (χ1v) is 3.16. The van der Waals surface area contributed by atoms with Gasteiger partial charge in [0, 0.05) is 0 Å². The molecule has 0 rings (SSSR count). The number of carbonyl (C=O) groups excluding carboxylic acids is 1. The van der Waals surface area contributed by atoms with Gasteiger partial charge in [-0.15, -0.1) is 0 Å². The second-order valence-electron chi connectivity index (χ2n) is 3.17. The van der Waals surface area contributed by atoms with Crippen molar-refractivity contribution in [2.45, 2.75) is 31.9 Å². The second-order valence-corrected chi connectivity index (χ2v) is 3.17. The molecule has 0 heterocycles. The molecule has 0 aromatic heterocycles. The number of rotatable bonds is 3. The van der Waals surface area contributed by atoms with E-state index < -0.39 is 17.6 Å². The molecule has 0 aromatic carbocycles. The standard InChI is InChI=1S/C6H14N2O2/c1-6(2,8)4(9)3-5(7)10/h4,9H,3,8H2,1-2H3,(H2,7,10)/p+1/t4-/m1/s1. The maximum Gasteiger partial charge on any atom is 0.220 e. The minimum atomic E-state index is -0.745. The lowest BCUT2D eigenvalue weighted by molar-refractivity contribution is -0.483. The first-order valence-electron chi connectivity index (χ1n) is 3.16. The Morgan fingerprint density at radius 2 is 2.20 bits per heavy atom. The average Bonchev–Trinajstić information content (AvgIpc) is 1.60. The quantitative estimate of drug-likeness (QED) is 0.441. The summed E-state index contributed by atoms with van der Waals surface area (Å²) in [4.78, 5) is 10.3. The highest BCUT2D eigenvalue weighted by Gasteiger charge is 2.27. The molecule has 0 aliphatic carbocycles. The van der Waals surface area contributed by atoms with E-state index in [-0.39, 0.29) is 6.42 Å². The smallest absolute Gasteiger partial charge is 0.220 e. The fourth-order valence-electron chi connectivity index (χ4n) is 0.467. The minimum Gasteiger partial charge on any atom is -0.386 e. The third-order valence-corrected chi connectivity index (χ3v) is 1.30. The number of primary amides is 1. The second kappa shape index (κ2) is 2.98. The molecule has 4 nitrogen and oxygen atoms in total. The summed E-state index contributed by atoms with van der Waals surface area (Å²) in [5, 5.41) is 9.19. The van der Waals surface area contributed by atoms with Crippen LogP contribution in [0.1, 0.15) is 20.3 Å². The molecule has 0 bridgehead atoms. The summed E-state index contributed by atoms with van der Waals surface area (Å²) in [5.74, 6) is -0.496. The normalized spacial score (nSPS) is 14.8. The van der Waals surface area contributed by atoms with Crippen LogP contribution in [0.25, 0.3) is 0 Å². The number of aliphatic hydroxyl groups is 1. The summed E-state index contributed by atoms with van der Waals surface area (Å²) in [7, 11) is 0. The monoisotopic (exact) mass is 147 g/mol. The number of aliphatic hydroxyl groups excluding tert-OH is 1. The summed E-state index contributed by atoms with van der Waals surface area (Å²) in [6.45, 7) is 3.50. The lowest BCUT2D eigenvalue weighted by Gasteiger charge is -2.20. The van der Waals surface area contributed by atoms with E-state index >= 15 is 0 Å². The van der Waals surface area contributed by atoms with Crippen molar-refractivity contribution in [3.05, 3.63) is 0 Å². The van der Waals surface area contributed by atoms with Crippen LogP contribution in [0.3, 0.4) is 0 Å². The maximum absolute atomic E-state index is 10.3. The van der Waals surface area contributed by atoms with Crippen LogP contribution in [0.5, 0.6) is 0 Å². The van der Waals surface area contributed by atoms with E-state index in [9.17, 15) is 9.90 Å². The number of carbonyl (C=O) groups is 1. The Hall–Kier alpha value is -0.610. The fourth-order valence-corrected chi connectivity index (χ4v) is 0.467. The van der Waals surface area contributed by atoms with Crippen molar-refractivity contribution in [2.24, 2.45) is 5.73 Å². The van der Waals surface area contributed by atoms with Crippen LogP contribution >= 0.6 is 0 Å². The van der Waals surface area contributed by atoms with Crippen LogP contribution in [0, 0.1) is 0 Å². The summed E-state index contributed by atoms with van der Waals surface area (Å²) < 4.78 is 0. The molecule has 0 radical (unpaired) electrons. The van der Waals surface area contributed by atoms with E-state index in [1.165, 1.54) is 0 Å². The first-order chi connectivity index (χ1) is 4.34. The van der Waals surface area contributed by atoms with Crippen LogP contribution in [0.15, 0.2) is 0 Å². The van der Waals surface area contributed by atoms with Crippen LogP contribution in [0.2, 0.25) is 0 Å². The zero-order valence-electron chi connectivity index (χ0n) is 6.42. The number of nitrogens with two attached hydrogens (primary N) is 1. The van der Waals surface area contributed by atoms with Gasteiger partial charge in [0.05, 0.1) is 6.42 Å². The lowest BCUT2D eigenvalue weighted by Crippen LogP contribution is -2.74. The van der Waals surface area contributed by atoms with E-state index in [0.29, 0.717) is 0 Å². The Bertz CT molecular complexity index is 128. The van der Waals surface area contributed by atoms with Gasteiger partial charge in [-0.2, -0.15) is 0 Å². The highest BCUT2D eigenvalue weighted by molar-refractivity contribution is 5.74. The van der Waals surface area contributed by atoms with Gasteiger partial charge in [0.25, 0.3) is 0 Å². The van der Waals surface area contributed by atoms with E-state index in [2.05, 4.69) is 5.73 Å². The molecule has 1 atom stereocenters. The van der Waals surface area contributed by atoms with Gasteiger partial charge in [-0.3, -0.25) is 4.79 Å². The SMILES string of the molecule is CC(C)([NH3+])[C@H](O)CC(N)=O. The Balaban J connectivity index is 3.85. The van der Waals surface area contributed by atoms with Crippen LogP contribution in [-0.4, -0.2) is 22.7 Å². The van der Waals surface area contributed by atoms with Crippen molar-refractivity contribution in [3.8, 4) is 0 Å². The molecule has 1 amide bonds. The van der Waals surface area contributed by atoms with Crippen molar-refractivity contribution < 1.29 is 15.6 Å². The van der Waals surface area contributed by atoms with E-state index in [1.54, 1.807) is 13.8 Å². The molecule has 0 fully saturated rings. The highest BCUT2D eigenvalue weighted by atomic mass is 16.3. The van der Waals surface area contributed by atoms with E-state index in [1.807, 2.05) is 0 Å².